The topological polar surface area (TPSA) is 25.8 Å². The number of benzene rings is 8. The summed E-state index contributed by atoms with van der Waals surface area (Å²) in [5.74, 6) is 0.754. The highest BCUT2D eigenvalue weighted by Gasteiger charge is 2.46. The van der Waals surface area contributed by atoms with E-state index in [0.29, 0.717) is 0 Å². The molecule has 2 nitrogen and oxygen atoms in total. The van der Waals surface area contributed by atoms with Crippen LogP contribution in [0.2, 0.25) is 0 Å². The Morgan fingerprint density at radius 2 is 0.885 bits per heavy atom. The van der Waals surface area contributed by atoms with Crippen molar-refractivity contribution >= 4 is 5.57 Å². The van der Waals surface area contributed by atoms with Gasteiger partial charge in [0.15, 0.2) is 5.82 Å². The molecular weight excluding hydrogens is 737 g/mol. The highest BCUT2D eigenvalue weighted by Crippen LogP contribution is 2.58. The van der Waals surface area contributed by atoms with Crippen LogP contribution in [0.15, 0.2) is 231 Å². The molecule has 2 aliphatic carbocycles. The minimum atomic E-state index is -0.513. The largest absolute Gasteiger partial charge is 0.228 e. The normalized spacial score (nSPS) is 13.6. The van der Waals surface area contributed by atoms with Crippen LogP contribution in [0.4, 0.5) is 0 Å². The van der Waals surface area contributed by atoms with Gasteiger partial charge in [-0.25, -0.2) is 9.97 Å². The summed E-state index contributed by atoms with van der Waals surface area (Å²) >= 11 is 0. The molecule has 9 aromatic rings. The van der Waals surface area contributed by atoms with Gasteiger partial charge >= 0.3 is 0 Å². The van der Waals surface area contributed by atoms with E-state index in [1.54, 1.807) is 0 Å². The molecule has 0 amide bonds. The van der Waals surface area contributed by atoms with Crippen molar-refractivity contribution < 1.29 is 0 Å². The number of aromatic nitrogens is 2. The van der Waals surface area contributed by atoms with E-state index in [1.807, 2.05) is 6.07 Å². The molecule has 0 unspecified atom stereocenters. The molecule has 0 bridgehead atoms. The second kappa shape index (κ2) is 15.5. The Labute approximate surface area is 357 Å². The van der Waals surface area contributed by atoms with E-state index in [0.717, 1.165) is 52.3 Å². The van der Waals surface area contributed by atoms with E-state index >= 15 is 0 Å². The average Bonchev–Trinajstić information content (AvgIpc) is 3.65. The van der Waals surface area contributed by atoms with E-state index < -0.39 is 5.41 Å². The number of nitrogens with zero attached hydrogens (tertiary/aromatic N) is 2. The van der Waals surface area contributed by atoms with Gasteiger partial charge in [0.05, 0.1) is 16.8 Å². The molecule has 1 aromatic heterocycles. The fourth-order valence-corrected chi connectivity index (χ4v) is 9.54. The van der Waals surface area contributed by atoms with Gasteiger partial charge < -0.3 is 0 Å². The van der Waals surface area contributed by atoms with E-state index in [-0.39, 0.29) is 0 Å². The Kier molecular flexibility index (Phi) is 9.24. The molecule has 1 heterocycles. The van der Waals surface area contributed by atoms with E-state index in [4.69, 9.17) is 9.97 Å². The van der Waals surface area contributed by atoms with Gasteiger partial charge in [-0.1, -0.05) is 206 Å². The summed E-state index contributed by atoms with van der Waals surface area (Å²) in [6, 6.07) is 77.3. The second-order valence-corrected chi connectivity index (χ2v) is 16.0. The van der Waals surface area contributed by atoms with Gasteiger partial charge in [0.25, 0.3) is 0 Å². The van der Waals surface area contributed by atoms with Crippen LogP contribution in [0.25, 0.3) is 72.6 Å². The second-order valence-electron chi connectivity index (χ2n) is 16.0. The summed E-state index contributed by atoms with van der Waals surface area (Å²) in [5.41, 5.74) is 19.2. The molecule has 0 aliphatic heterocycles. The number of allylic oxidation sites excluding steroid dienone is 4. The summed E-state index contributed by atoms with van der Waals surface area (Å²) in [5, 5.41) is 0. The molecule has 61 heavy (non-hydrogen) atoms. The van der Waals surface area contributed by atoms with Crippen molar-refractivity contribution in [1.82, 2.24) is 9.97 Å². The van der Waals surface area contributed by atoms with Crippen LogP contribution in [0, 0.1) is 0 Å². The van der Waals surface area contributed by atoms with Crippen LogP contribution < -0.4 is 0 Å². The Balaban J connectivity index is 1.15. The zero-order chi connectivity index (χ0) is 40.6. The summed E-state index contributed by atoms with van der Waals surface area (Å²) in [6.07, 6.45) is 8.67. The van der Waals surface area contributed by atoms with E-state index in [9.17, 15) is 0 Å². The Morgan fingerprint density at radius 3 is 1.56 bits per heavy atom. The maximum atomic E-state index is 5.25. The van der Waals surface area contributed by atoms with Crippen molar-refractivity contribution in [3.63, 3.8) is 0 Å². The van der Waals surface area contributed by atoms with Crippen molar-refractivity contribution in [3.8, 4) is 67.0 Å². The zero-order valence-corrected chi connectivity index (χ0v) is 33.7. The van der Waals surface area contributed by atoms with Crippen LogP contribution in [-0.4, -0.2) is 9.97 Å². The van der Waals surface area contributed by atoms with Gasteiger partial charge in [-0.05, 0) is 104 Å². The SMILES string of the molecule is C1=CC(c2nc(-c3ccccc3)cc(-c3cccc(-c4cc5c(cc4-c4ccc(-c6ccccc6)cc4)C(c4ccccc4)(c4ccccc4)c4ccccc4-5)c3)n2)=CCC1. The van der Waals surface area contributed by atoms with Crippen molar-refractivity contribution in [2.75, 3.05) is 0 Å². The van der Waals surface area contributed by atoms with Crippen LogP contribution >= 0.6 is 0 Å². The summed E-state index contributed by atoms with van der Waals surface area (Å²) in [7, 11) is 0. The molecule has 8 aromatic carbocycles. The molecule has 0 radical (unpaired) electrons. The molecule has 288 valence electrons. The molecule has 0 atom stereocenters. The van der Waals surface area contributed by atoms with Gasteiger partial charge in [-0.2, -0.15) is 0 Å². The van der Waals surface area contributed by atoms with Crippen molar-refractivity contribution in [2.45, 2.75) is 18.3 Å². The van der Waals surface area contributed by atoms with Gasteiger partial charge in [0, 0.05) is 16.7 Å². The van der Waals surface area contributed by atoms with Crippen molar-refractivity contribution in [3.05, 3.63) is 259 Å². The van der Waals surface area contributed by atoms with Crippen LogP contribution in [0.1, 0.15) is 40.9 Å². The molecule has 0 saturated heterocycles. The first kappa shape index (κ1) is 36.4. The molecule has 2 aliphatic rings. The quantitative estimate of drug-likeness (QED) is 0.154. The highest BCUT2D eigenvalue weighted by atomic mass is 14.9. The number of rotatable bonds is 8. The fourth-order valence-electron chi connectivity index (χ4n) is 9.54. The minimum absolute atomic E-state index is 0.513. The highest BCUT2D eigenvalue weighted by molar-refractivity contribution is 5.95. The Hall–Kier alpha value is -7.68. The number of hydrogen-bond donors (Lipinski definition) is 0. The lowest BCUT2D eigenvalue weighted by Gasteiger charge is -2.34. The molecule has 0 N–H and O–H groups in total. The predicted molar refractivity (Wildman–Crippen MR) is 253 cm³/mol. The molecule has 0 fully saturated rings. The lowest BCUT2D eigenvalue weighted by molar-refractivity contribution is 0.769. The summed E-state index contributed by atoms with van der Waals surface area (Å²) in [6.45, 7) is 0. The summed E-state index contributed by atoms with van der Waals surface area (Å²) in [4.78, 5) is 10.4. The standard InChI is InChI=1S/C59H42N2/c1-6-19-41(20-7-1)42-33-35-43(36-34-42)52-39-55-53(50-31-16-17-32-54(50)59(55,48-27-12-4-13-28-48)49-29-14-5-15-30-49)38-51(52)46-25-18-26-47(37-46)57-40-56(44-21-8-2-9-22-44)60-58(61-57)45-23-10-3-11-24-45/h1-2,4-10,12-40H,3,11H2. The summed E-state index contributed by atoms with van der Waals surface area (Å²) < 4.78 is 0. The van der Waals surface area contributed by atoms with Crippen molar-refractivity contribution in [2.24, 2.45) is 0 Å². The first-order valence-electron chi connectivity index (χ1n) is 21.2. The predicted octanol–water partition coefficient (Wildman–Crippen LogP) is 14.9. The Bertz CT molecular complexity index is 3050. The minimum Gasteiger partial charge on any atom is -0.228 e. The van der Waals surface area contributed by atoms with Gasteiger partial charge in [-0.3, -0.25) is 0 Å². The van der Waals surface area contributed by atoms with Crippen LogP contribution in [0.3, 0.4) is 0 Å². The lowest BCUT2D eigenvalue weighted by atomic mass is 9.67. The third-order valence-electron chi connectivity index (χ3n) is 12.4. The maximum Gasteiger partial charge on any atom is 0.160 e. The third kappa shape index (κ3) is 6.45. The smallest absolute Gasteiger partial charge is 0.160 e. The van der Waals surface area contributed by atoms with Gasteiger partial charge in [0.1, 0.15) is 0 Å². The fraction of sp³-hybridized carbons (Fsp3) is 0.0508. The molecule has 2 heteroatoms. The zero-order valence-electron chi connectivity index (χ0n) is 33.7. The number of fused-ring (bicyclic) bond motifs is 3. The molecule has 0 saturated carbocycles. The van der Waals surface area contributed by atoms with Crippen LogP contribution in [-0.2, 0) is 5.41 Å². The van der Waals surface area contributed by atoms with Gasteiger partial charge in [0.2, 0.25) is 0 Å². The monoisotopic (exact) mass is 778 g/mol. The van der Waals surface area contributed by atoms with Gasteiger partial charge in [-0.15, -0.1) is 0 Å². The lowest BCUT2D eigenvalue weighted by Crippen LogP contribution is -2.28. The van der Waals surface area contributed by atoms with Crippen molar-refractivity contribution in [1.29, 1.82) is 0 Å². The average molecular weight is 779 g/mol. The van der Waals surface area contributed by atoms with Crippen LogP contribution in [0.5, 0.6) is 0 Å². The molecule has 11 rings (SSSR count). The molecule has 0 spiro atoms. The first-order chi connectivity index (χ1) is 30.2. The number of hydrogen-bond acceptors (Lipinski definition) is 2. The third-order valence-corrected chi connectivity index (χ3v) is 12.4. The van der Waals surface area contributed by atoms with E-state index in [2.05, 4.69) is 224 Å². The maximum absolute atomic E-state index is 5.25. The first-order valence-corrected chi connectivity index (χ1v) is 21.2. The van der Waals surface area contributed by atoms with E-state index in [1.165, 1.54) is 61.2 Å². The Morgan fingerprint density at radius 1 is 0.344 bits per heavy atom. The molecular formula is C59H42N2.